The van der Waals surface area contributed by atoms with Crippen LogP contribution in [0, 0.1) is 16.0 Å². The summed E-state index contributed by atoms with van der Waals surface area (Å²) >= 11 is 0. The van der Waals surface area contributed by atoms with Gasteiger partial charge in [-0.3, -0.25) is 14.9 Å². The standard InChI is InChI=1S/C11H10F3N3O3/c12-11(13,14)8-3-7(17(19)20)1-2-9(8)16-10(18)6-4-15-5-6/h1-3,6,15H,4-5H2,(H,16,18). The molecule has 0 spiro atoms. The van der Waals surface area contributed by atoms with Crippen LogP contribution in [-0.2, 0) is 11.0 Å². The number of nitro benzene ring substituents is 1. The highest BCUT2D eigenvalue weighted by atomic mass is 19.4. The van der Waals surface area contributed by atoms with Gasteiger partial charge in [-0.1, -0.05) is 0 Å². The van der Waals surface area contributed by atoms with E-state index in [9.17, 15) is 28.1 Å². The zero-order chi connectivity index (χ0) is 14.9. The van der Waals surface area contributed by atoms with Crippen LogP contribution in [0.1, 0.15) is 5.56 Å². The molecule has 1 heterocycles. The summed E-state index contributed by atoms with van der Waals surface area (Å²) in [5.74, 6) is -0.922. The van der Waals surface area contributed by atoms with Gasteiger partial charge in [-0.15, -0.1) is 0 Å². The van der Waals surface area contributed by atoms with Crippen LogP contribution in [0.2, 0.25) is 0 Å². The first-order valence-electron chi connectivity index (χ1n) is 5.66. The van der Waals surface area contributed by atoms with Gasteiger partial charge in [0.25, 0.3) is 5.69 Å². The summed E-state index contributed by atoms with van der Waals surface area (Å²) in [5.41, 5.74) is -2.38. The molecule has 9 heteroatoms. The van der Waals surface area contributed by atoms with Crippen molar-refractivity contribution >= 4 is 17.3 Å². The Morgan fingerprint density at radius 3 is 2.50 bits per heavy atom. The molecule has 20 heavy (non-hydrogen) atoms. The third kappa shape index (κ3) is 2.87. The molecule has 1 aliphatic rings. The first-order chi connectivity index (χ1) is 9.29. The zero-order valence-electron chi connectivity index (χ0n) is 10.0. The Bertz CT molecular complexity index is 556. The highest BCUT2D eigenvalue weighted by molar-refractivity contribution is 5.94. The van der Waals surface area contributed by atoms with Crippen molar-refractivity contribution in [2.45, 2.75) is 6.18 Å². The number of hydrogen-bond donors (Lipinski definition) is 2. The molecule has 1 aromatic carbocycles. The summed E-state index contributed by atoms with van der Waals surface area (Å²) in [5, 5.41) is 15.5. The van der Waals surface area contributed by atoms with Gasteiger partial charge in [0.05, 0.1) is 22.1 Å². The highest BCUT2D eigenvalue weighted by Gasteiger charge is 2.36. The molecular formula is C11H10F3N3O3. The predicted octanol–water partition coefficient (Wildman–Crippen LogP) is 1.77. The number of benzene rings is 1. The number of amides is 1. The summed E-state index contributed by atoms with van der Waals surface area (Å²) in [6.07, 6.45) is -4.79. The quantitative estimate of drug-likeness (QED) is 0.656. The van der Waals surface area contributed by atoms with Crippen LogP contribution in [0.5, 0.6) is 0 Å². The Labute approximate surface area is 111 Å². The second-order valence-corrected chi connectivity index (χ2v) is 4.33. The van der Waals surface area contributed by atoms with Gasteiger partial charge < -0.3 is 10.6 Å². The molecule has 1 fully saturated rings. The number of nitro groups is 1. The van der Waals surface area contributed by atoms with Crippen molar-refractivity contribution in [3.05, 3.63) is 33.9 Å². The summed E-state index contributed by atoms with van der Waals surface area (Å²) in [6, 6.07) is 2.23. The lowest BCUT2D eigenvalue weighted by Crippen LogP contribution is -2.48. The van der Waals surface area contributed by atoms with E-state index in [0.717, 1.165) is 12.1 Å². The maximum absolute atomic E-state index is 12.9. The Morgan fingerprint density at radius 1 is 1.40 bits per heavy atom. The molecule has 1 aliphatic heterocycles. The number of nitrogens with one attached hydrogen (secondary N) is 2. The van der Waals surface area contributed by atoms with Gasteiger partial charge >= 0.3 is 6.18 Å². The molecule has 0 unspecified atom stereocenters. The van der Waals surface area contributed by atoms with Crippen molar-refractivity contribution in [3.8, 4) is 0 Å². The number of hydrogen-bond acceptors (Lipinski definition) is 4. The van der Waals surface area contributed by atoms with Crippen LogP contribution in [-0.4, -0.2) is 23.9 Å². The van der Waals surface area contributed by atoms with Crippen molar-refractivity contribution in [2.24, 2.45) is 5.92 Å². The van der Waals surface area contributed by atoms with Crippen LogP contribution in [0.25, 0.3) is 0 Å². The van der Waals surface area contributed by atoms with Crippen molar-refractivity contribution in [2.75, 3.05) is 18.4 Å². The van der Waals surface area contributed by atoms with Gasteiger partial charge in [0.1, 0.15) is 0 Å². The molecule has 0 bridgehead atoms. The maximum atomic E-state index is 12.9. The molecule has 1 saturated heterocycles. The van der Waals surface area contributed by atoms with Crippen molar-refractivity contribution < 1.29 is 22.9 Å². The average Bonchev–Trinajstić information content (AvgIpc) is 2.24. The van der Waals surface area contributed by atoms with Gasteiger partial charge in [0.15, 0.2) is 0 Å². The average molecular weight is 289 g/mol. The van der Waals surface area contributed by atoms with E-state index in [2.05, 4.69) is 10.6 Å². The first-order valence-corrected chi connectivity index (χ1v) is 5.66. The molecule has 2 rings (SSSR count). The highest BCUT2D eigenvalue weighted by Crippen LogP contribution is 2.37. The second kappa shape index (κ2) is 5.08. The molecule has 0 aliphatic carbocycles. The minimum absolute atomic E-state index is 0.383. The number of alkyl halides is 3. The number of rotatable bonds is 3. The molecular weight excluding hydrogens is 279 g/mol. The summed E-state index contributed by atoms with van der Waals surface area (Å²) < 4.78 is 38.6. The van der Waals surface area contributed by atoms with Gasteiger partial charge in [-0.25, -0.2) is 0 Å². The van der Waals surface area contributed by atoms with Gasteiger partial charge in [0, 0.05) is 25.2 Å². The molecule has 108 valence electrons. The number of carbonyl (C=O) groups excluding carboxylic acids is 1. The normalized spacial score (nSPS) is 15.6. The number of carbonyl (C=O) groups is 1. The third-order valence-corrected chi connectivity index (χ3v) is 2.93. The van der Waals surface area contributed by atoms with E-state index in [1.165, 1.54) is 0 Å². The lowest BCUT2D eigenvalue weighted by Gasteiger charge is -2.26. The summed E-state index contributed by atoms with van der Waals surface area (Å²) in [6.45, 7) is 0.806. The number of halogens is 3. The minimum atomic E-state index is -4.79. The Morgan fingerprint density at radius 2 is 2.05 bits per heavy atom. The maximum Gasteiger partial charge on any atom is 0.418 e. The molecule has 2 N–H and O–H groups in total. The summed E-state index contributed by atoms with van der Waals surface area (Å²) in [4.78, 5) is 21.2. The fraction of sp³-hybridized carbons (Fsp3) is 0.364. The van der Waals surface area contributed by atoms with Crippen LogP contribution < -0.4 is 10.6 Å². The fourth-order valence-corrected chi connectivity index (χ4v) is 1.70. The van der Waals surface area contributed by atoms with Gasteiger partial charge in [-0.05, 0) is 6.07 Å². The third-order valence-electron chi connectivity index (χ3n) is 2.93. The molecule has 0 radical (unpaired) electrons. The molecule has 1 amide bonds. The monoisotopic (exact) mass is 289 g/mol. The lowest BCUT2D eigenvalue weighted by molar-refractivity contribution is -0.385. The van der Waals surface area contributed by atoms with Crippen LogP contribution in [0.15, 0.2) is 18.2 Å². The van der Waals surface area contributed by atoms with E-state index < -0.39 is 33.9 Å². The van der Waals surface area contributed by atoms with E-state index in [0.29, 0.717) is 19.2 Å². The van der Waals surface area contributed by atoms with E-state index in [-0.39, 0.29) is 5.92 Å². The Kier molecular flexibility index (Phi) is 3.62. The van der Waals surface area contributed by atoms with E-state index in [4.69, 9.17) is 0 Å². The smallest absolute Gasteiger partial charge is 0.325 e. The minimum Gasteiger partial charge on any atom is -0.325 e. The van der Waals surface area contributed by atoms with Crippen molar-refractivity contribution in [1.82, 2.24) is 5.32 Å². The largest absolute Gasteiger partial charge is 0.418 e. The van der Waals surface area contributed by atoms with Crippen LogP contribution in [0.4, 0.5) is 24.5 Å². The van der Waals surface area contributed by atoms with Crippen molar-refractivity contribution in [3.63, 3.8) is 0 Å². The molecule has 0 saturated carbocycles. The van der Waals surface area contributed by atoms with Crippen LogP contribution >= 0.6 is 0 Å². The number of anilines is 1. The number of non-ortho nitro benzene ring substituents is 1. The van der Waals surface area contributed by atoms with E-state index >= 15 is 0 Å². The van der Waals surface area contributed by atoms with E-state index in [1.54, 1.807) is 0 Å². The SMILES string of the molecule is O=C(Nc1ccc([N+](=O)[O-])cc1C(F)(F)F)C1CNC1. The molecule has 1 aromatic rings. The Hall–Kier alpha value is -2.16. The number of nitrogens with zero attached hydrogens (tertiary/aromatic N) is 1. The zero-order valence-corrected chi connectivity index (χ0v) is 10.0. The molecule has 0 aromatic heterocycles. The van der Waals surface area contributed by atoms with Crippen molar-refractivity contribution in [1.29, 1.82) is 0 Å². The second-order valence-electron chi connectivity index (χ2n) is 4.33. The first kappa shape index (κ1) is 14.3. The van der Waals surface area contributed by atoms with Gasteiger partial charge in [-0.2, -0.15) is 13.2 Å². The van der Waals surface area contributed by atoms with Crippen LogP contribution in [0.3, 0.4) is 0 Å². The fourth-order valence-electron chi connectivity index (χ4n) is 1.70. The topological polar surface area (TPSA) is 84.3 Å². The molecule has 6 nitrogen and oxygen atoms in total. The van der Waals surface area contributed by atoms with Gasteiger partial charge in [0.2, 0.25) is 5.91 Å². The predicted molar refractivity (Wildman–Crippen MR) is 63.1 cm³/mol. The molecule has 0 atom stereocenters. The lowest BCUT2D eigenvalue weighted by atomic mass is 10.0. The summed E-state index contributed by atoms with van der Waals surface area (Å²) in [7, 11) is 0. The Balaban J connectivity index is 2.31. The van der Waals surface area contributed by atoms with E-state index in [1.807, 2.05) is 0 Å².